The van der Waals surface area contributed by atoms with Gasteiger partial charge in [-0.25, -0.2) is 0 Å². The molecule has 3 nitrogen and oxygen atoms in total. The minimum atomic E-state index is 0.0634. The predicted octanol–water partition coefficient (Wildman–Crippen LogP) is 1.97. The van der Waals surface area contributed by atoms with Crippen LogP contribution in [0.4, 0.5) is 0 Å². The molecule has 1 aromatic carbocycles. The molecule has 0 amide bonds. The van der Waals surface area contributed by atoms with E-state index in [2.05, 4.69) is 11.8 Å². The number of hydrogen-bond acceptors (Lipinski definition) is 3. The molecule has 0 bridgehead atoms. The summed E-state index contributed by atoms with van der Waals surface area (Å²) in [7, 11) is 1.66. The first kappa shape index (κ1) is 14.7. The Hall–Kier alpha value is -1.34. The smallest absolute Gasteiger partial charge is 0.0784 e. The van der Waals surface area contributed by atoms with Crippen LogP contribution in [0.3, 0.4) is 0 Å². The average Bonchev–Trinajstić information content (AvgIpc) is 2.38. The first-order chi connectivity index (χ1) is 8.77. The minimum Gasteiger partial charge on any atom is -0.395 e. The molecule has 0 aliphatic rings. The number of ether oxygens (including phenoxy) is 2. The van der Waals surface area contributed by atoms with Crippen molar-refractivity contribution in [3.63, 3.8) is 0 Å². The fourth-order valence-electron chi connectivity index (χ4n) is 1.50. The summed E-state index contributed by atoms with van der Waals surface area (Å²) >= 11 is 0. The van der Waals surface area contributed by atoms with E-state index >= 15 is 0 Å². The lowest BCUT2D eigenvalue weighted by Gasteiger charge is -2.12. The van der Waals surface area contributed by atoms with Crippen LogP contribution >= 0.6 is 0 Å². The summed E-state index contributed by atoms with van der Waals surface area (Å²) in [6.45, 7) is 3.17. The molecule has 1 atom stereocenters. The molecule has 0 fully saturated rings. The molecule has 0 radical (unpaired) electrons. The topological polar surface area (TPSA) is 38.7 Å². The Balaban J connectivity index is 2.62. The van der Waals surface area contributed by atoms with Gasteiger partial charge < -0.3 is 14.6 Å². The van der Waals surface area contributed by atoms with Gasteiger partial charge in [0.2, 0.25) is 0 Å². The Bertz CT molecular complexity index is 404. The molecule has 98 valence electrons. The van der Waals surface area contributed by atoms with E-state index in [1.54, 1.807) is 7.11 Å². The number of benzene rings is 1. The molecule has 1 aromatic rings. The van der Waals surface area contributed by atoms with Crippen LogP contribution in [0, 0.1) is 11.8 Å². The summed E-state index contributed by atoms with van der Waals surface area (Å²) < 4.78 is 10.7. The standard InChI is InChI=1S/C15H20O3/c1-13(11-17-2)18-12-15-9-4-3-7-14(15)8-5-6-10-16/h3-4,7,9,13,16H,6,10-12H2,1-2H3. The number of hydrogen-bond donors (Lipinski definition) is 1. The lowest BCUT2D eigenvalue weighted by Crippen LogP contribution is -2.14. The summed E-state index contributed by atoms with van der Waals surface area (Å²) in [5, 5.41) is 8.71. The first-order valence-corrected chi connectivity index (χ1v) is 6.06. The van der Waals surface area contributed by atoms with E-state index in [0.29, 0.717) is 19.6 Å². The van der Waals surface area contributed by atoms with Crippen molar-refractivity contribution in [1.29, 1.82) is 0 Å². The Kier molecular flexibility index (Phi) is 7.12. The molecule has 0 aliphatic carbocycles. The van der Waals surface area contributed by atoms with Crippen LogP contribution in [-0.2, 0) is 16.1 Å². The zero-order valence-corrected chi connectivity index (χ0v) is 11.0. The first-order valence-electron chi connectivity index (χ1n) is 6.06. The van der Waals surface area contributed by atoms with Gasteiger partial charge in [-0.3, -0.25) is 0 Å². The maximum Gasteiger partial charge on any atom is 0.0784 e. The fourth-order valence-corrected chi connectivity index (χ4v) is 1.50. The molecule has 0 saturated carbocycles. The van der Waals surface area contributed by atoms with E-state index < -0.39 is 0 Å². The highest BCUT2D eigenvalue weighted by molar-refractivity contribution is 5.40. The van der Waals surface area contributed by atoms with Gasteiger partial charge in [0.15, 0.2) is 0 Å². The van der Waals surface area contributed by atoms with E-state index in [9.17, 15) is 0 Å². The van der Waals surface area contributed by atoms with Gasteiger partial charge in [0, 0.05) is 19.1 Å². The Labute approximate surface area is 109 Å². The number of aliphatic hydroxyl groups excluding tert-OH is 1. The molecule has 1 rings (SSSR count). The summed E-state index contributed by atoms with van der Waals surface area (Å²) in [5.74, 6) is 5.97. The molecule has 0 spiro atoms. The third kappa shape index (κ3) is 5.33. The molecule has 1 unspecified atom stereocenters. The van der Waals surface area contributed by atoms with Crippen molar-refractivity contribution in [2.45, 2.75) is 26.1 Å². The second-order valence-electron chi connectivity index (χ2n) is 4.01. The monoisotopic (exact) mass is 248 g/mol. The number of methoxy groups -OCH3 is 1. The van der Waals surface area contributed by atoms with E-state index in [1.807, 2.05) is 31.2 Å². The largest absolute Gasteiger partial charge is 0.395 e. The van der Waals surface area contributed by atoms with Crippen molar-refractivity contribution in [2.24, 2.45) is 0 Å². The van der Waals surface area contributed by atoms with Gasteiger partial charge in [0.1, 0.15) is 0 Å². The van der Waals surface area contributed by atoms with Crippen LogP contribution in [0.15, 0.2) is 24.3 Å². The van der Waals surface area contributed by atoms with Crippen LogP contribution < -0.4 is 0 Å². The van der Waals surface area contributed by atoms with Gasteiger partial charge in [0.25, 0.3) is 0 Å². The zero-order valence-electron chi connectivity index (χ0n) is 11.0. The molecule has 1 N–H and O–H groups in total. The molecule has 0 heterocycles. The number of rotatable bonds is 6. The maximum absolute atomic E-state index is 8.71. The van der Waals surface area contributed by atoms with Crippen LogP contribution in [0.25, 0.3) is 0 Å². The third-order valence-electron chi connectivity index (χ3n) is 2.40. The molecule has 18 heavy (non-hydrogen) atoms. The molecular weight excluding hydrogens is 228 g/mol. The SMILES string of the molecule is COCC(C)OCc1ccccc1C#CCCO. The summed E-state index contributed by atoms with van der Waals surface area (Å²) in [5.41, 5.74) is 2.02. The van der Waals surface area contributed by atoms with Crippen molar-refractivity contribution in [3.8, 4) is 11.8 Å². The molecule has 0 saturated heterocycles. The fraction of sp³-hybridized carbons (Fsp3) is 0.467. The summed E-state index contributed by atoms with van der Waals surface area (Å²) in [6.07, 6.45) is 0.559. The van der Waals surface area contributed by atoms with Crippen LogP contribution in [0.5, 0.6) is 0 Å². The highest BCUT2D eigenvalue weighted by atomic mass is 16.5. The average molecular weight is 248 g/mol. The Morgan fingerprint density at radius 3 is 2.83 bits per heavy atom. The van der Waals surface area contributed by atoms with Gasteiger partial charge in [0.05, 0.1) is 25.9 Å². The van der Waals surface area contributed by atoms with Crippen molar-refractivity contribution >= 4 is 0 Å². The second-order valence-corrected chi connectivity index (χ2v) is 4.01. The predicted molar refractivity (Wildman–Crippen MR) is 71.1 cm³/mol. The van der Waals surface area contributed by atoms with E-state index in [1.165, 1.54) is 0 Å². The van der Waals surface area contributed by atoms with Crippen LogP contribution in [-0.4, -0.2) is 31.5 Å². The highest BCUT2D eigenvalue weighted by Gasteiger charge is 2.04. The Morgan fingerprint density at radius 1 is 1.33 bits per heavy atom. The maximum atomic E-state index is 8.71. The van der Waals surface area contributed by atoms with Gasteiger partial charge in [-0.15, -0.1) is 0 Å². The van der Waals surface area contributed by atoms with E-state index in [-0.39, 0.29) is 12.7 Å². The minimum absolute atomic E-state index is 0.0634. The normalized spacial score (nSPS) is 11.7. The summed E-state index contributed by atoms with van der Waals surface area (Å²) in [6, 6.07) is 7.88. The van der Waals surface area contributed by atoms with Crippen molar-refractivity contribution in [2.75, 3.05) is 20.3 Å². The number of aliphatic hydroxyl groups is 1. The lowest BCUT2D eigenvalue weighted by molar-refractivity contribution is -0.000192. The van der Waals surface area contributed by atoms with Gasteiger partial charge in [-0.2, -0.15) is 0 Å². The van der Waals surface area contributed by atoms with Crippen LogP contribution in [0.2, 0.25) is 0 Å². The quantitative estimate of drug-likeness (QED) is 0.782. The summed E-state index contributed by atoms with van der Waals surface area (Å²) in [4.78, 5) is 0. The molecular formula is C15H20O3. The van der Waals surface area contributed by atoms with Gasteiger partial charge in [-0.05, 0) is 18.6 Å². The lowest BCUT2D eigenvalue weighted by atomic mass is 10.1. The van der Waals surface area contributed by atoms with Crippen molar-refractivity contribution in [1.82, 2.24) is 0 Å². The van der Waals surface area contributed by atoms with Crippen LogP contribution in [0.1, 0.15) is 24.5 Å². The van der Waals surface area contributed by atoms with Crippen molar-refractivity contribution in [3.05, 3.63) is 35.4 Å². The zero-order chi connectivity index (χ0) is 13.2. The highest BCUT2D eigenvalue weighted by Crippen LogP contribution is 2.10. The molecule has 0 aromatic heterocycles. The molecule has 3 heteroatoms. The van der Waals surface area contributed by atoms with E-state index in [4.69, 9.17) is 14.6 Å². The van der Waals surface area contributed by atoms with Gasteiger partial charge >= 0.3 is 0 Å². The van der Waals surface area contributed by atoms with E-state index in [0.717, 1.165) is 11.1 Å². The molecule has 0 aliphatic heterocycles. The second kappa shape index (κ2) is 8.71. The van der Waals surface area contributed by atoms with Crippen molar-refractivity contribution < 1.29 is 14.6 Å². The Morgan fingerprint density at radius 2 is 2.11 bits per heavy atom. The van der Waals surface area contributed by atoms with Gasteiger partial charge in [-0.1, -0.05) is 30.0 Å². The third-order valence-corrected chi connectivity index (χ3v) is 2.40.